The third-order valence-corrected chi connectivity index (χ3v) is 15.9. The molecule has 4 amide bonds. The molecule has 4 aromatic rings. The number of aryl methyl sites for hydroxylation is 1. The van der Waals surface area contributed by atoms with Gasteiger partial charge in [0.2, 0.25) is 17.8 Å². The van der Waals surface area contributed by atoms with Crippen molar-refractivity contribution in [2.24, 2.45) is 5.92 Å². The van der Waals surface area contributed by atoms with Gasteiger partial charge in [-0.1, -0.05) is 20.8 Å². The van der Waals surface area contributed by atoms with Crippen molar-refractivity contribution in [3.8, 4) is 0 Å². The molecule has 0 bridgehead atoms. The number of nitrogens with zero attached hydrogens (tertiary/aromatic N) is 9. The van der Waals surface area contributed by atoms with E-state index in [9.17, 15) is 14.4 Å². The fourth-order valence-corrected chi connectivity index (χ4v) is 8.46. The molecule has 0 radical (unpaired) electrons. The van der Waals surface area contributed by atoms with Gasteiger partial charge in [0.25, 0.3) is 0 Å². The number of amides is 4. The summed E-state index contributed by atoms with van der Waals surface area (Å²) >= 11 is 0. The summed E-state index contributed by atoms with van der Waals surface area (Å²) in [7, 11) is -0.617. The molecule has 4 atom stereocenters. The van der Waals surface area contributed by atoms with Crippen molar-refractivity contribution < 1.29 is 18.8 Å². The maximum absolute atomic E-state index is 13.3. The number of imidazole rings is 1. The minimum Gasteiger partial charge on any atom is -0.412 e. The van der Waals surface area contributed by atoms with E-state index in [-0.39, 0.29) is 59.4 Å². The summed E-state index contributed by atoms with van der Waals surface area (Å²) in [4.78, 5) is 67.3. The van der Waals surface area contributed by atoms with Crippen LogP contribution < -0.4 is 15.1 Å². The smallest absolute Gasteiger partial charge is 0.331 e. The Hall–Kier alpha value is -4.76. The van der Waals surface area contributed by atoms with Crippen LogP contribution in [-0.4, -0.2) is 86.6 Å². The predicted octanol–water partition coefficient (Wildman–Crippen LogP) is 5.58. The number of urea groups is 1. The number of hydrogen-bond donors (Lipinski definition) is 1. The molecule has 0 spiro atoms. The van der Waals surface area contributed by atoms with Gasteiger partial charge in [-0.05, 0) is 74.0 Å². The number of hydrogen-bond acceptors (Lipinski definition) is 10. The second kappa shape index (κ2) is 12.4. The topological polar surface area (TPSA) is 151 Å². The lowest BCUT2D eigenvalue weighted by atomic mass is 10.1. The minimum atomic E-state index is -2.13. The Bertz CT molecular complexity index is 2090. The Morgan fingerprint density at radius 3 is 2.48 bits per heavy atom. The molecular formula is C37H46N10O4Si. The molecule has 0 aromatic carbocycles. The summed E-state index contributed by atoms with van der Waals surface area (Å²) in [6, 6.07) is 5.16. The number of anilines is 3. The zero-order valence-electron chi connectivity index (χ0n) is 30.8. The summed E-state index contributed by atoms with van der Waals surface area (Å²) in [6.45, 7) is 13.7. The van der Waals surface area contributed by atoms with Gasteiger partial charge < -0.3 is 13.7 Å². The Morgan fingerprint density at radius 1 is 1.02 bits per heavy atom. The van der Waals surface area contributed by atoms with Crippen molar-refractivity contribution in [1.82, 2.24) is 34.2 Å². The highest BCUT2D eigenvalue weighted by atomic mass is 28.4. The van der Waals surface area contributed by atoms with Crippen LogP contribution in [0.15, 0.2) is 43.0 Å². The first-order chi connectivity index (χ1) is 24.7. The van der Waals surface area contributed by atoms with Gasteiger partial charge in [0, 0.05) is 62.3 Å². The number of likely N-dealkylation sites (N-methyl/N-ethyl adjacent to an activating group) is 1. The van der Waals surface area contributed by atoms with Crippen molar-refractivity contribution in [2.75, 3.05) is 35.3 Å². The van der Waals surface area contributed by atoms with Crippen molar-refractivity contribution in [1.29, 1.82) is 0 Å². The minimum absolute atomic E-state index is 0.0194. The summed E-state index contributed by atoms with van der Waals surface area (Å²) in [6.07, 6.45) is 11.0. The highest BCUT2D eigenvalue weighted by Gasteiger charge is 2.47. The molecule has 2 saturated heterocycles. The number of imide groups is 1. The summed E-state index contributed by atoms with van der Waals surface area (Å²) in [5, 5.41) is 2.97. The zero-order valence-corrected chi connectivity index (χ0v) is 31.8. The first-order valence-corrected chi connectivity index (χ1v) is 21.1. The van der Waals surface area contributed by atoms with E-state index in [2.05, 4.69) is 65.2 Å². The Labute approximate surface area is 304 Å². The van der Waals surface area contributed by atoms with Crippen LogP contribution in [0.1, 0.15) is 87.1 Å². The number of pyridine rings is 1. The van der Waals surface area contributed by atoms with E-state index in [0.29, 0.717) is 48.3 Å². The molecule has 4 fully saturated rings. The third kappa shape index (κ3) is 6.33. The Morgan fingerprint density at radius 2 is 1.79 bits per heavy atom. The van der Waals surface area contributed by atoms with Gasteiger partial charge in [-0.25, -0.2) is 24.7 Å². The molecular weight excluding hydrogens is 677 g/mol. The second-order valence-corrected chi connectivity index (χ2v) is 21.0. The molecule has 8 rings (SSSR count). The lowest BCUT2D eigenvalue weighted by Crippen LogP contribution is -2.44. The van der Waals surface area contributed by atoms with Crippen molar-refractivity contribution in [2.45, 2.75) is 95.5 Å². The highest BCUT2D eigenvalue weighted by Crippen LogP contribution is 2.47. The van der Waals surface area contributed by atoms with Crippen molar-refractivity contribution >= 4 is 49.3 Å². The van der Waals surface area contributed by atoms with Crippen LogP contribution >= 0.6 is 0 Å². The van der Waals surface area contributed by atoms with E-state index in [1.54, 1.807) is 12.4 Å². The van der Waals surface area contributed by atoms with Crippen molar-refractivity contribution in [3.05, 3.63) is 65.8 Å². The molecule has 15 heteroatoms. The average molecular weight is 723 g/mol. The van der Waals surface area contributed by atoms with Crippen molar-refractivity contribution in [3.63, 3.8) is 0 Å². The summed E-state index contributed by atoms with van der Waals surface area (Å²) < 4.78 is 8.98. The molecule has 2 aliphatic carbocycles. The van der Waals surface area contributed by atoms with E-state index in [4.69, 9.17) is 14.4 Å². The number of nitrogens with one attached hydrogen (secondary N) is 1. The van der Waals surface area contributed by atoms with Crippen LogP contribution in [0.25, 0.3) is 5.65 Å². The molecule has 4 aliphatic rings. The summed E-state index contributed by atoms with van der Waals surface area (Å²) in [5.74, 6) is 1.36. The number of rotatable bonds is 9. The molecule has 0 unspecified atom stereocenters. The molecule has 4 aromatic heterocycles. The zero-order chi connectivity index (χ0) is 36.7. The van der Waals surface area contributed by atoms with E-state index in [1.807, 2.05) is 35.7 Å². The summed E-state index contributed by atoms with van der Waals surface area (Å²) in [5.41, 5.74) is 4.08. The van der Waals surface area contributed by atoms with Gasteiger partial charge in [-0.3, -0.25) is 24.7 Å². The Balaban J connectivity index is 1.11. The van der Waals surface area contributed by atoms with E-state index in [0.717, 1.165) is 34.7 Å². The molecule has 272 valence electrons. The largest absolute Gasteiger partial charge is 0.412 e. The number of carbonyl (C=O) groups excluding carboxylic acids is 3. The van der Waals surface area contributed by atoms with Crippen LogP contribution in [0, 0.1) is 12.8 Å². The first kappa shape index (κ1) is 34.3. The monoisotopic (exact) mass is 722 g/mol. The number of fused-ring (bicyclic) bond motifs is 1. The fourth-order valence-electron chi connectivity index (χ4n) is 7.10. The van der Waals surface area contributed by atoms with Gasteiger partial charge in [0.05, 0.1) is 23.5 Å². The van der Waals surface area contributed by atoms with E-state index < -0.39 is 8.32 Å². The average Bonchev–Trinajstić information content (AvgIpc) is 4.00. The molecule has 2 aliphatic heterocycles. The molecule has 6 heterocycles. The number of aromatic nitrogens is 6. The fraction of sp³-hybridized carbons (Fsp3) is 0.514. The maximum atomic E-state index is 13.3. The van der Waals surface area contributed by atoms with Crippen LogP contribution in [0.5, 0.6) is 0 Å². The lowest BCUT2D eigenvalue weighted by Gasteiger charge is -2.38. The third-order valence-electron chi connectivity index (χ3n) is 11.4. The van der Waals surface area contributed by atoms with Crippen LogP contribution in [0.4, 0.5) is 22.2 Å². The molecule has 1 N–H and O–H groups in total. The quantitative estimate of drug-likeness (QED) is 0.171. The molecule has 52 heavy (non-hydrogen) atoms. The van der Waals surface area contributed by atoms with Gasteiger partial charge in [0.1, 0.15) is 18.2 Å². The highest BCUT2D eigenvalue weighted by molar-refractivity contribution is 6.74. The number of carbonyl (C=O) groups is 3. The Kier molecular flexibility index (Phi) is 8.21. The van der Waals surface area contributed by atoms with Gasteiger partial charge >= 0.3 is 6.03 Å². The maximum Gasteiger partial charge on any atom is 0.331 e. The van der Waals surface area contributed by atoms with Crippen LogP contribution in [-0.2, 0) is 14.0 Å². The van der Waals surface area contributed by atoms with Crippen LogP contribution in [0.3, 0.4) is 0 Å². The SMILES string of the molecule is Cc1ccnc([C@H]2C[C@@H]2C(=O)Nc2nccc(N3C[C@@H](O[Si](C)(C)C(C)(C)C)C[C@@H]3c3cn4cc(C5CC5)cc(N5CC(=O)N(C)C5=O)c4n3)n2)n1. The first-order valence-electron chi connectivity index (χ1n) is 18.2. The molecule has 2 saturated carbocycles. The second-order valence-electron chi connectivity index (χ2n) is 16.3. The lowest BCUT2D eigenvalue weighted by molar-refractivity contribution is -0.124. The van der Waals surface area contributed by atoms with E-state index >= 15 is 0 Å². The standard InChI is InChI=1S/C37H46N10O4Si/c1-21-10-12-38-32(40-21)25-16-26(25)34(49)43-35-39-13-11-30(42-35)46-18-24(51-52(6,7)37(2,3)4)15-28(46)27-19-45-17-23(22-8-9-22)14-29(33(45)41-27)47-20-31(48)44(5)36(47)50/h10-14,17,19,22,24-26,28H,8-9,15-16,18,20H2,1-7H3,(H,39,42,43,49)/t24-,25-,26-,28+/m0/s1. The van der Waals surface area contributed by atoms with E-state index in [1.165, 1.54) is 11.9 Å². The molecule has 14 nitrogen and oxygen atoms in total. The predicted molar refractivity (Wildman–Crippen MR) is 198 cm³/mol. The van der Waals surface area contributed by atoms with Crippen LogP contribution in [0.2, 0.25) is 18.1 Å². The normalized spacial score (nSPS) is 23.6. The van der Waals surface area contributed by atoms with Gasteiger partial charge in [-0.2, -0.15) is 4.98 Å². The van der Waals surface area contributed by atoms with Gasteiger partial charge in [0.15, 0.2) is 14.0 Å². The van der Waals surface area contributed by atoms with Gasteiger partial charge in [-0.15, -0.1) is 0 Å².